The summed E-state index contributed by atoms with van der Waals surface area (Å²) in [4.78, 5) is 0. The van der Waals surface area contributed by atoms with Gasteiger partial charge in [-0.1, -0.05) is 23.4 Å². The average molecular weight is 244 g/mol. The summed E-state index contributed by atoms with van der Waals surface area (Å²) in [5.74, 6) is 1.85. The SMILES string of the molecule is COc1ccccc1C1CCc2c(noc2N)C1. The van der Waals surface area contributed by atoms with Crippen LogP contribution in [0.1, 0.15) is 29.2 Å². The first-order valence-electron chi connectivity index (χ1n) is 6.15. The van der Waals surface area contributed by atoms with Gasteiger partial charge in [-0.2, -0.15) is 0 Å². The molecule has 1 aromatic heterocycles. The number of rotatable bonds is 2. The largest absolute Gasteiger partial charge is 0.496 e. The maximum atomic E-state index is 5.75. The summed E-state index contributed by atoms with van der Waals surface area (Å²) in [7, 11) is 1.71. The Kier molecular flexibility index (Phi) is 2.70. The fraction of sp³-hybridized carbons (Fsp3) is 0.357. The number of para-hydroxylation sites is 1. The minimum Gasteiger partial charge on any atom is -0.496 e. The molecule has 2 aromatic rings. The maximum absolute atomic E-state index is 5.75. The number of nitrogens with two attached hydrogens (primary N) is 1. The molecule has 0 bridgehead atoms. The molecule has 3 rings (SSSR count). The van der Waals surface area contributed by atoms with Crippen LogP contribution in [0.5, 0.6) is 5.75 Å². The number of ether oxygens (including phenoxy) is 1. The van der Waals surface area contributed by atoms with E-state index in [9.17, 15) is 0 Å². The van der Waals surface area contributed by atoms with Gasteiger partial charge in [-0.05, 0) is 30.4 Å². The van der Waals surface area contributed by atoms with Gasteiger partial charge in [-0.3, -0.25) is 0 Å². The zero-order chi connectivity index (χ0) is 12.5. The highest BCUT2D eigenvalue weighted by molar-refractivity contribution is 5.44. The second-order valence-corrected chi connectivity index (χ2v) is 4.65. The number of nitrogen functional groups attached to an aromatic ring is 1. The number of anilines is 1. The molecule has 0 spiro atoms. The molecule has 18 heavy (non-hydrogen) atoms. The normalized spacial score (nSPS) is 18.4. The molecule has 4 nitrogen and oxygen atoms in total. The van der Waals surface area contributed by atoms with Crippen molar-refractivity contribution in [2.45, 2.75) is 25.2 Å². The van der Waals surface area contributed by atoms with Crippen LogP contribution in [0.3, 0.4) is 0 Å². The van der Waals surface area contributed by atoms with Gasteiger partial charge >= 0.3 is 0 Å². The maximum Gasteiger partial charge on any atom is 0.225 e. The van der Waals surface area contributed by atoms with E-state index in [1.807, 2.05) is 18.2 Å². The minimum absolute atomic E-state index is 0.429. The second kappa shape index (κ2) is 4.37. The fourth-order valence-corrected chi connectivity index (χ4v) is 2.71. The number of hydrogen-bond acceptors (Lipinski definition) is 4. The number of aromatic nitrogens is 1. The molecule has 1 aromatic carbocycles. The van der Waals surface area contributed by atoms with Crippen molar-refractivity contribution in [3.63, 3.8) is 0 Å². The third kappa shape index (κ3) is 1.74. The van der Waals surface area contributed by atoms with E-state index in [0.717, 1.165) is 36.3 Å². The first kappa shape index (κ1) is 11.1. The lowest BCUT2D eigenvalue weighted by Crippen LogP contribution is -2.13. The molecule has 0 aliphatic heterocycles. The van der Waals surface area contributed by atoms with Crippen LogP contribution in [0, 0.1) is 0 Å². The molecule has 1 heterocycles. The smallest absolute Gasteiger partial charge is 0.225 e. The lowest BCUT2D eigenvalue weighted by Gasteiger charge is -2.22. The molecule has 1 atom stereocenters. The summed E-state index contributed by atoms with van der Waals surface area (Å²) in [5.41, 5.74) is 9.07. The molecule has 0 saturated heterocycles. The number of fused-ring (bicyclic) bond motifs is 1. The van der Waals surface area contributed by atoms with E-state index in [-0.39, 0.29) is 0 Å². The van der Waals surface area contributed by atoms with Crippen LogP contribution in [0.2, 0.25) is 0 Å². The van der Waals surface area contributed by atoms with Gasteiger partial charge in [0.15, 0.2) is 0 Å². The monoisotopic (exact) mass is 244 g/mol. The van der Waals surface area contributed by atoms with Crippen LogP contribution in [0.4, 0.5) is 5.88 Å². The Bertz CT molecular complexity index is 563. The summed E-state index contributed by atoms with van der Waals surface area (Å²) in [6.45, 7) is 0. The highest BCUT2D eigenvalue weighted by atomic mass is 16.5. The van der Waals surface area contributed by atoms with Gasteiger partial charge in [0.2, 0.25) is 5.88 Å². The van der Waals surface area contributed by atoms with Crippen molar-refractivity contribution in [1.82, 2.24) is 5.16 Å². The molecule has 94 valence electrons. The minimum atomic E-state index is 0.429. The molecule has 1 aliphatic carbocycles. The molecule has 2 N–H and O–H groups in total. The predicted molar refractivity (Wildman–Crippen MR) is 68.7 cm³/mol. The van der Waals surface area contributed by atoms with E-state index in [4.69, 9.17) is 15.0 Å². The molecule has 1 unspecified atom stereocenters. The zero-order valence-electron chi connectivity index (χ0n) is 10.3. The summed E-state index contributed by atoms with van der Waals surface area (Å²) in [6, 6.07) is 8.16. The molecular formula is C14H16N2O2. The predicted octanol–water partition coefficient (Wildman–Crippen LogP) is 2.54. The number of nitrogens with zero attached hydrogens (tertiary/aromatic N) is 1. The van der Waals surface area contributed by atoms with Crippen molar-refractivity contribution < 1.29 is 9.26 Å². The molecule has 0 saturated carbocycles. The Balaban J connectivity index is 1.92. The van der Waals surface area contributed by atoms with Gasteiger partial charge in [0.1, 0.15) is 5.75 Å². The second-order valence-electron chi connectivity index (χ2n) is 4.65. The van der Waals surface area contributed by atoms with E-state index in [1.165, 1.54) is 5.56 Å². The Morgan fingerprint density at radius 3 is 3.06 bits per heavy atom. The highest BCUT2D eigenvalue weighted by Crippen LogP contribution is 2.37. The number of hydrogen-bond donors (Lipinski definition) is 1. The van der Waals surface area contributed by atoms with Gasteiger partial charge in [-0.25, -0.2) is 0 Å². The van der Waals surface area contributed by atoms with Crippen LogP contribution >= 0.6 is 0 Å². The molecule has 4 heteroatoms. The van der Waals surface area contributed by atoms with Gasteiger partial charge < -0.3 is 15.0 Å². The summed E-state index contributed by atoms with van der Waals surface area (Å²) >= 11 is 0. The van der Waals surface area contributed by atoms with Crippen molar-refractivity contribution >= 4 is 5.88 Å². The highest BCUT2D eigenvalue weighted by Gasteiger charge is 2.26. The quantitative estimate of drug-likeness (QED) is 0.881. The zero-order valence-corrected chi connectivity index (χ0v) is 10.3. The number of benzene rings is 1. The van der Waals surface area contributed by atoms with Gasteiger partial charge in [0.25, 0.3) is 0 Å². The van der Waals surface area contributed by atoms with Crippen molar-refractivity contribution in [1.29, 1.82) is 0 Å². The van der Waals surface area contributed by atoms with E-state index in [2.05, 4.69) is 11.2 Å². The van der Waals surface area contributed by atoms with Gasteiger partial charge in [0.05, 0.1) is 12.8 Å². The summed E-state index contributed by atoms with van der Waals surface area (Å²) in [5, 5.41) is 4.05. The number of methoxy groups -OCH3 is 1. The van der Waals surface area contributed by atoms with Gasteiger partial charge in [0, 0.05) is 12.0 Å². The van der Waals surface area contributed by atoms with Crippen molar-refractivity contribution in [2.24, 2.45) is 0 Å². The molecular weight excluding hydrogens is 228 g/mol. The lowest BCUT2D eigenvalue weighted by molar-refractivity contribution is 0.399. The van der Waals surface area contributed by atoms with Crippen molar-refractivity contribution in [3.8, 4) is 5.75 Å². The van der Waals surface area contributed by atoms with E-state index in [1.54, 1.807) is 7.11 Å². The standard InChI is InChI=1S/C14H16N2O2/c1-17-13-5-3-2-4-10(13)9-6-7-11-12(8-9)16-18-14(11)15/h2-5,9H,6-8,15H2,1H3. The van der Waals surface area contributed by atoms with Crippen LogP contribution in [-0.4, -0.2) is 12.3 Å². The van der Waals surface area contributed by atoms with Crippen molar-refractivity contribution in [3.05, 3.63) is 41.1 Å². The Morgan fingerprint density at radius 2 is 2.22 bits per heavy atom. The van der Waals surface area contributed by atoms with E-state index >= 15 is 0 Å². The summed E-state index contributed by atoms with van der Waals surface area (Å²) in [6.07, 6.45) is 2.85. The van der Waals surface area contributed by atoms with Crippen LogP contribution in [-0.2, 0) is 12.8 Å². The Labute approximate surface area is 106 Å². The third-order valence-corrected chi connectivity index (χ3v) is 3.66. The molecule has 1 aliphatic rings. The van der Waals surface area contributed by atoms with E-state index < -0.39 is 0 Å². The van der Waals surface area contributed by atoms with E-state index in [0.29, 0.717) is 11.8 Å². The summed E-state index contributed by atoms with van der Waals surface area (Å²) < 4.78 is 10.5. The third-order valence-electron chi connectivity index (χ3n) is 3.66. The van der Waals surface area contributed by atoms with Gasteiger partial charge in [-0.15, -0.1) is 0 Å². The lowest BCUT2D eigenvalue weighted by atomic mass is 9.82. The Morgan fingerprint density at radius 1 is 1.39 bits per heavy atom. The first-order valence-corrected chi connectivity index (χ1v) is 6.15. The topological polar surface area (TPSA) is 61.3 Å². The molecule has 0 fully saturated rings. The average Bonchev–Trinajstić information content (AvgIpc) is 2.80. The van der Waals surface area contributed by atoms with Crippen molar-refractivity contribution in [2.75, 3.05) is 12.8 Å². The Hall–Kier alpha value is -1.97. The van der Waals surface area contributed by atoms with Crippen LogP contribution < -0.4 is 10.5 Å². The fourth-order valence-electron chi connectivity index (χ4n) is 2.71. The molecule has 0 amide bonds. The van der Waals surface area contributed by atoms with Crippen LogP contribution in [0.25, 0.3) is 0 Å². The first-order chi connectivity index (χ1) is 8.79. The molecule has 0 radical (unpaired) electrons. The van der Waals surface area contributed by atoms with Crippen LogP contribution in [0.15, 0.2) is 28.8 Å².